The van der Waals surface area contributed by atoms with Gasteiger partial charge in [0.15, 0.2) is 0 Å². The van der Waals surface area contributed by atoms with Gasteiger partial charge in [-0.05, 0) is 39.0 Å². The number of nitrogens with one attached hydrogen (secondary N) is 1. The van der Waals surface area contributed by atoms with Crippen molar-refractivity contribution in [1.82, 2.24) is 24.9 Å². The Balaban J connectivity index is 2.13. The summed E-state index contributed by atoms with van der Waals surface area (Å²) in [5.74, 6) is 0.0485. The van der Waals surface area contributed by atoms with Gasteiger partial charge in [0.2, 0.25) is 0 Å². The lowest BCUT2D eigenvalue weighted by Gasteiger charge is -2.19. The van der Waals surface area contributed by atoms with Crippen LogP contribution in [0, 0.1) is 6.92 Å². The fourth-order valence-corrected chi connectivity index (χ4v) is 2.87. The molecule has 3 rings (SSSR count). The number of H-pyrrole nitrogens is 1. The minimum absolute atomic E-state index is 0.0485. The molecule has 1 aromatic carbocycles. The van der Waals surface area contributed by atoms with Gasteiger partial charge in [0.1, 0.15) is 11.4 Å². The van der Waals surface area contributed by atoms with Gasteiger partial charge in [-0.25, -0.2) is 0 Å². The van der Waals surface area contributed by atoms with Gasteiger partial charge in [0, 0.05) is 24.0 Å². The maximum Gasteiger partial charge on any atom is 0.270 e. The van der Waals surface area contributed by atoms with Crippen molar-refractivity contribution in [2.75, 3.05) is 13.1 Å². The molecule has 120 valence electrons. The highest BCUT2D eigenvalue weighted by Gasteiger charge is 2.20. The van der Waals surface area contributed by atoms with E-state index in [2.05, 4.69) is 40.5 Å². The summed E-state index contributed by atoms with van der Waals surface area (Å²) in [7, 11) is 0. The van der Waals surface area contributed by atoms with Crippen molar-refractivity contribution in [2.24, 2.45) is 0 Å². The van der Waals surface area contributed by atoms with Crippen molar-refractivity contribution in [3.8, 4) is 0 Å². The minimum Gasteiger partial charge on any atom is -0.338 e. The molecule has 0 bridgehead atoms. The van der Waals surface area contributed by atoms with Crippen LogP contribution in [0.2, 0.25) is 0 Å². The zero-order valence-corrected chi connectivity index (χ0v) is 13.7. The topological polar surface area (TPSA) is 66.8 Å². The first-order valence-corrected chi connectivity index (χ1v) is 7.87. The summed E-state index contributed by atoms with van der Waals surface area (Å²) in [4.78, 5) is 14.7. The molecular formula is C17H21N5O. The average molecular weight is 311 g/mol. The number of aromatic nitrogens is 4. The van der Waals surface area contributed by atoms with Crippen molar-refractivity contribution >= 4 is 16.8 Å². The Morgan fingerprint density at radius 3 is 2.70 bits per heavy atom. The molecule has 1 N–H and O–H groups in total. The monoisotopic (exact) mass is 311 g/mol. The molecule has 0 aliphatic rings. The molecule has 0 saturated carbocycles. The fraction of sp³-hybridized carbons (Fsp3) is 0.353. The van der Waals surface area contributed by atoms with Crippen molar-refractivity contribution < 1.29 is 4.79 Å². The van der Waals surface area contributed by atoms with Gasteiger partial charge in [0.05, 0.1) is 12.7 Å². The number of benzene rings is 1. The molecule has 0 atom stereocenters. The first-order chi connectivity index (χ1) is 11.1. The molecule has 6 nitrogen and oxygen atoms in total. The SMILES string of the molecule is CCN(CC)C(=O)c1cc2cc(C)ccc2n1Cc1cn[nH]n1. The van der Waals surface area contributed by atoms with Gasteiger partial charge in [-0.15, -0.1) is 0 Å². The first-order valence-electron chi connectivity index (χ1n) is 7.87. The molecular weight excluding hydrogens is 290 g/mol. The number of hydrogen-bond acceptors (Lipinski definition) is 3. The number of carbonyl (C=O) groups is 1. The van der Waals surface area contributed by atoms with Crippen LogP contribution in [0.3, 0.4) is 0 Å². The van der Waals surface area contributed by atoms with Gasteiger partial charge in [-0.3, -0.25) is 4.79 Å². The third kappa shape index (κ3) is 2.84. The van der Waals surface area contributed by atoms with Crippen molar-refractivity contribution in [2.45, 2.75) is 27.3 Å². The van der Waals surface area contributed by atoms with E-state index in [0.717, 1.165) is 16.6 Å². The summed E-state index contributed by atoms with van der Waals surface area (Å²) in [5.41, 5.74) is 3.71. The van der Waals surface area contributed by atoms with Crippen molar-refractivity contribution in [3.05, 3.63) is 47.4 Å². The van der Waals surface area contributed by atoms with E-state index in [0.29, 0.717) is 25.3 Å². The van der Waals surface area contributed by atoms with Crippen LogP contribution in [0.15, 0.2) is 30.5 Å². The van der Waals surface area contributed by atoms with Gasteiger partial charge >= 0.3 is 0 Å². The van der Waals surface area contributed by atoms with Crippen molar-refractivity contribution in [1.29, 1.82) is 0 Å². The number of aromatic amines is 1. The number of aryl methyl sites for hydroxylation is 1. The van der Waals surface area contributed by atoms with E-state index < -0.39 is 0 Å². The Kier molecular flexibility index (Phi) is 4.14. The molecule has 0 aliphatic carbocycles. The van der Waals surface area contributed by atoms with E-state index in [9.17, 15) is 4.79 Å². The molecule has 6 heteroatoms. The van der Waals surface area contributed by atoms with E-state index in [-0.39, 0.29) is 5.91 Å². The molecule has 0 spiro atoms. The summed E-state index contributed by atoms with van der Waals surface area (Å²) in [5, 5.41) is 11.7. The Labute approximate surface area is 135 Å². The molecule has 0 fully saturated rings. The minimum atomic E-state index is 0.0485. The lowest BCUT2D eigenvalue weighted by Crippen LogP contribution is -2.32. The molecule has 0 saturated heterocycles. The second kappa shape index (κ2) is 6.24. The number of nitrogens with zero attached hydrogens (tertiary/aromatic N) is 4. The van der Waals surface area contributed by atoms with Crippen LogP contribution in [-0.2, 0) is 6.54 Å². The zero-order chi connectivity index (χ0) is 16.4. The fourth-order valence-electron chi connectivity index (χ4n) is 2.87. The van der Waals surface area contributed by atoms with Crippen LogP contribution in [0.4, 0.5) is 0 Å². The molecule has 0 aliphatic heterocycles. The highest BCUT2D eigenvalue weighted by atomic mass is 16.2. The predicted molar refractivity (Wildman–Crippen MR) is 89.4 cm³/mol. The maximum atomic E-state index is 12.9. The van der Waals surface area contributed by atoms with Crippen LogP contribution < -0.4 is 0 Å². The Hall–Kier alpha value is -2.63. The lowest BCUT2D eigenvalue weighted by atomic mass is 10.2. The standard InChI is InChI=1S/C17H21N5O/c1-4-21(5-2)17(23)16-9-13-8-12(3)6-7-15(13)22(16)11-14-10-18-20-19-14/h6-10H,4-5,11H2,1-3H3,(H,18,19,20). The highest BCUT2D eigenvalue weighted by molar-refractivity contribution is 5.99. The second-order valence-corrected chi connectivity index (χ2v) is 5.62. The summed E-state index contributed by atoms with van der Waals surface area (Å²) in [6.45, 7) is 7.96. The maximum absolute atomic E-state index is 12.9. The normalized spacial score (nSPS) is 11.1. The molecule has 2 heterocycles. The van der Waals surface area contributed by atoms with Crippen LogP contribution in [0.25, 0.3) is 10.9 Å². The Morgan fingerprint density at radius 2 is 2.04 bits per heavy atom. The number of hydrogen-bond donors (Lipinski definition) is 1. The second-order valence-electron chi connectivity index (χ2n) is 5.62. The number of fused-ring (bicyclic) bond motifs is 1. The van der Waals surface area contributed by atoms with Gasteiger partial charge in [0.25, 0.3) is 5.91 Å². The zero-order valence-electron chi connectivity index (χ0n) is 13.7. The summed E-state index contributed by atoms with van der Waals surface area (Å²) >= 11 is 0. The average Bonchev–Trinajstić information content (AvgIpc) is 3.17. The molecule has 2 aromatic heterocycles. The van der Waals surface area contributed by atoms with Crippen LogP contribution in [-0.4, -0.2) is 43.9 Å². The third-order valence-corrected chi connectivity index (χ3v) is 4.11. The largest absolute Gasteiger partial charge is 0.338 e. The smallest absolute Gasteiger partial charge is 0.270 e. The van der Waals surface area contributed by atoms with Gasteiger partial charge in [-0.2, -0.15) is 15.4 Å². The van der Waals surface area contributed by atoms with E-state index in [1.807, 2.05) is 29.4 Å². The summed E-state index contributed by atoms with van der Waals surface area (Å²) < 4.78 is 2.02. The van der Waals surface area contributed by atoms with Crippen LogP contribution in [0.5, 0.6) is 0 Å². The number of amides is 1. The first kappa shape index (κ1) is 15.3. The molecule has 23 heavy (non-hydrogen) atoms. The van der Waals surface area contributed by atoms with E-state index in [1.54, 1.807) is 6.20 Å². The Bertz CT molecular complexity index is 815. The lowest BCUT2D eigenvalue weighted by molar-refractivity contribution is 0.0763. The third-order valence-electron chi connectivity index (χ3n) is 4.11. The van der Waals surface area contributed by atoms with E-state index in [4.69, 9.17) is 0 Å². The van der Waals surface area contributed by atoms with E-state index >= 15 is 0 Å². The molecule has 1 amide bonds. The van der Waals surface area contributed by atoms with Crippen molar-refractivity contribution in [3.63, 3.8) is 0 Å². The van der Waals surface area contributed by atoms with Gasteiger partial charge in [-0.1, -0.05) is 11.6 Å². The number of rotatable bonds is 5. The predicted octanol–water partition coefficient (Wildman–Crippen LogP) is 2.60. The van der Waals surface area contributed by atoms with Crippen LogP contribution in [0.1, 0.15) is 35.6 Å². The summed E-state index contributed by atoms with van der Waals surface area (Å²) in [6, 6.07) is 8.20. The van der Waals surface area contributed by atoms with E-state index in [1.165, 1.54) is 5.56 Å². The quantitative estimate of drug-likeness (QED) is 0.787. The molecule has 3 aromatic rings. The molecule has 0 radical (unpaired) electrons. The molecule has 0 unspecified atom stereocenters. The Morgan fingerprint density at radius 1 is 1.26 bits per heavy atom. The summed E-state index contributed by atoms with van der Waals surface area (Å²) in [6.07, 6.45) is 1.69. The highest BCUT2D eigenvalue weighted by Crippen LogP contribution is 2.23. The van der Waals surface area contributed by atoms with Gasteiger partial charge < -0.3 is 9.47 Å². The van der Waals surface area contributed by atoms with Crippen LogP contribution >= 0.6 is 0 Å². The number of carbonyl (C=O) groups excluding carboxylic acids is 1.